The lowest BCUT2D eigenvalue weighted by molar-refractivity contribution is 0.113. The van der Waals surface area contributed by atoms with Crippen LogP contribution in [0.15, 0.2) is 54.6 Å². The van der Waals surface area contributed by atoms with Gasteiger partial charge >= 0.3 is 0 Å². The molecule has 4 nitrogen and oxygen atoms in total. The minimum Gasteiger partial charge on any atom is -0.494 e. The number of likely N-dealkylation sites (tertiary alicyclic amines) is 2. The monoisotopic (exact) mass is 396 g/mol. The molecule has 2 atom stereocenters. The van der Waals surface area contributed by atoms with Gasteiger partial charge in [0.15, 0.2) is 11.6 Å². The summed E-state index contributed by atoms with van der Waals surface area (Å²) in [6, 6.07) is 15.4. The summed E-state index contributed by atoms with van der Waals surface area (Å²) < 4.78 is 18.8. The molecule has 2 saturated heterocycles. The first kappa shape index (κ1) is 20.1. The van der Waals surface area contributed by atoms with E-state index >= 15 is 0 Å². The maximum absolute atomic E-state index is 13.7. The molecule has 0 aromatic heterocycles. The van der Waals surface area contributed by atoms with Gasteiger partial charge in [0, 0.05) is 44.7 Å². The molecule has 2 unspecified atom stereocenters. The Morgan fingerprint density at radius 2 is 1.90 bits per heavy atom. The first-order chi connectivity index (χ1) is 14.1. The van der Waals surface area contributed by atoms with Gasteiger partial charge in [-0.05, 0) is 29.2 Å². The van der Waals surface area contributed by atoms with Crippen LogP contribution in [0.3, 0.4) is 0 Å². The van der Waals surface area contributed by atoms with Crippen molar-refractivity contribution in [2.75, 3.05) is 46.4 Å². The molecule has 2 fully saturated rings. The van der Waals surface area contributed by atoms with Gasteiger partial charge in [-0.2, -0.15) is 0 Å². The van der Waals surface area contributed by atoms with E-state index in [1.165, 1.54) is 18.7 Å². The van der Waals surface area contributed by atoms with Crippen LogP contribution in [-0.4, -0.2) is 61.3 Å². The van der Waals surface area contributed by atoms with Crippen LogP contribution < -0.4 is 4.74 Å². The third kappa shape index (κ3) is 4.37. The molecule has 154 valence electrons. The summed E-state index contributed by atoms with van der Waals surface area (Å²) in [5.41, 5.74) is 2.19. The smallest absolute Gasteiger partial charge is 0.165 e. The van der Waals surface area contributed by atoms with Gasteiger partial charge in [0.2, 0.25) is 0 Å². The number of nitrogens with zero attached hydrogens (tertiary/aromatic N) is 2. The number of halogens is 1. The minimum absolute atomic E-state index is 0.0648. The van der Waals surface area contributed by atoms with E-state index in [-0.39, 0.29) is 23.6 Å². The molecule has 2 aromatic rings. The van der Waals surface area contributed by atoms with Crippen LogP contribution in [0, 0.1) is 17.2 Å². The Hall–Kier alpha value is -2.21. The number of ether oxygens (including phenoxy) is 1. The van der Waals surface area contributed by atoms with E-state index in [4.69, 9.17) is 4.74 Å². The van der Waals surface area contributed by atoms with Gasteiger partial charge in [-0.25, -0.2) is 4.39 Å². The molecule has 0 bridgehead atoms. The van der Waals surface area contributed by atoms with Crippen LogP contribution in [0.25, 0.3) is 6.08 Å². The van der Waals surface area contributed by atoms with Gasteiger partial charge in [0.1, 0.15) is 0 Å². The molecule has 0 radical (unpaired) electrons. The van der Waals surface area contributed by atoms with E-state index in [1.807, 2.05) is 24.3 Å². The highest BCUT2D eigenvalue weighted by molar-refractivity contribution is 5.48. The normalized spacial score (nSPS) is 25.0. The molecule has 5 heteroatoms. The zero-order valence-electron chi connectivity index (χ0n) is 16.9. The largest absolute Gasteiger partial charge is 0.494 e. The first-order valence-electron chi connectivity index (χ1n) is 10.2. The highest BCUT2D eigenvalue weighted by atomic mass is 19.1. The maximum Gasteiger partial charge on any atom is 0.165 e. The third-order valence-electron chi connectivity index (χ3n) is 6.31. The Morgan fingerprint density at radius 1 is 1.14 bits per heavy atom. The SMILES string of the molecule is COc1cc(CN2CC3CN(C/C=C/c4ccccc4)CC3(CO)C2)ccc1F. The fourth-order valence-electron chi connectivity index (χ4n) is 4.85. The Bertz CT molecular complexity index is 857. The van der Waals surface area contributed by atoms with E-state index in [1.54, 1.807) is 6.07 Å². The average molecular weight is 397 g/mol. The second-order valence-electron chi connectivity index (χ2n) is 8.36. The lowest BCUT2D eigenvalue weighted by Crippen LogP contribution is -2.37. The van der Waals surface area contributed by atoms with Crippen molar-refractivity contribution in [1.29, 1.82) is 0 Å². The summed E-state index contributed by atoms with van der Waals surface area (Å²) in [6.07, 6.45) is 4.37. The van der Waals surface area contributed by atoms with Crippen molar-refractivity contribution >= 4 is 6.08 Å². The summed E-state index contributed by atoms with van der Waals surface area (Å²) in [6.45, 7) is 5.61. The number of methoxy groups -OCH3 is 1. The lowest BCUT2D eigenvalue weighted by atomic mass is 9.82. The van der Waals surface area contributed by atoms with Gasteiger partial charge in [-0.15, -0.1) is 0 Å². The van der Waals surface area contributed by atoms with Gasteiger partial charge in [-0.1, -0.05) is 48.6 Å². The molecular weight excluding hydrogens is 367 g/mol. The summed E-state index contributed by atoms with van der Waals surface area (Å²) in [5, 5.41) is 10.2. The quantitative estimate of drug-likeness (QED) is 0.779. The molecule has 4 rings (SSSR count). The Labute approximate surface area is 172 Å². The van der Waals surface area contributed by atoms with Gasteiger partial charge in [-0.3, -0.25) is 9.80 Å². The molecule has 0 aliphatic carbocycles. The van der Waals surface area contributed by atoms with Crippen molar-refractivity contribution in [3.63, 3.8) is 0 Å². The van der Waals surface area contributed by atoms with E-state index in [0.29, 0.717) is 5.92 Å². The Morgan fingerprint density at radius 3 is 2.62 bits per heavy atom. The van der Waals surface area contributed by atoms with Gasteiger partial charge in [0.05, 0.1) is 13.7 Å². The molecule has 2 aromatic carbocycles. The van der Waals surface area contributed by atoms with Crippen LogP contribution >= 0.6 is 0 Å². The van der Waals surface area contributed by atoms with E-state index in [2.05, 4.69) is 34.1 Å². The second-order valence-corrected chi connectivity index (χ2v) is 8.36. The zero-order chi connectivity index (χ0) is 20.3. The predicted octanol–water partition coefficient (Wildman–Crippen LogP) is 3.27. The van der Waals surface area contributed by atoms with E-state index in [0.717, 1.165) is 44.8 Å². The molecule has 1 N–H and O–H groups in total. The second kappa shape index (κ2) is 8.66. The minimum atomic E-state index is -0.333. The van der Waals surface area contributed by atoms with Crippen LogP contribution in [0.4, 0.5) is 4.39 Å². The summed E-state index contributed by atoms with van der Waals surface area (Å²) in [7, 11) is 1.49. The molecule has 0 saturated carbocycles. The number of aliphatic hydroxyl groups excluding tert-OH is 1. The van der Waals surface area contributed by atoms with Crippen LogP contribution in [0.2, 0.25) is 0 Å². The Balaban J connectivity index is 1.35. The van der Waals surface area contributed by atoms with Crippen molar-refractivity contribution in [1.82, 2.24) is 9.80 Å². The highest BCUT2D eigenvalue weighted by Crippen LogP contribution is 2.42. The summed E-state index contributed by atoms with van der Waals surface area (Å²) in [5.74, 6) is 0.413. The van der Waals surface area contributed by atoms with Crippen molar-refractivity contribution in [2.24, 2.45) is 11.3 Å². The van der Waals surface area contributed by atoms with Gasteiger partial charge < -0.3 is 9.84 Å². The third-order valence-corrected chi connectivity index (χ3v) is 6.31. The average Bonchev–Trinajstić information content (AvgIpc) is 3.23. The van der Waals surface area contributed by atoms with Crippen molar-refractivity contribution < 1.29 is 14.2 Å². The standard InChI is InChI=1S/C24H29FN2O2/c1-29-23-12-20(9-10-22(23)25)13-27-15-21-14-26(16-24(21,17-27)18-28)11-5-8-19-6-3-2-4-7-19/h2-10,12,21,28H,11,13-18H2,1H3/b8-5+. The zero-order valence-corrected chi connectivity index (χ0v) is 16.9. The number of rotatable bonds is 7. The summed E-state index contributed by atoms with van der Waals surface area (Å²) >= 11 is 0. The number of fused-ring (bicyclic) bond motifs is 1. The molecule has 2 aliphatic heterocycles. The topological polar surface area (TPSA) is 35.9 Å². The fraction of sp³-hybridized carbons (Fsp3) is 0.417. The molecule has 2 heterocycles. The molecule has 0 amide bonds. The molecule has 29 heavy (non-hydrogen) atoms. The predicted molar refractivity (Wildman–Crippen MR) is 113 cm³/mol. The maximum atomic E-state index is 13.7. The van der Waals surface area contributed by atoms with E-state index in [9.17, 15) is 9.50 Å². The van der Waals surface area contributed by atoms with Crippen molar-refractivity contribution in [3.8, 4) is 5.75 Å². The molecule has 2 aliphatic rings. The van der Waals surface area contributed by atoms with Crippen LogP contribution in [-0.2, 0) is 6.54 Å². The summed E-state index contributed by atoms with van der Waals surface area (Å²) in [4.78, 5) is 4.82. The first-order valence-corrected chi connectivity index (χ1v) is 10.2. The van der Waals surface area contributed by atoms with Crippen molar-refractivity contribution in [3.05, 3.63) is 71.6 Å². The lowest BCUT2D eigenvalue weighted by Gasteiger charge is -2.27. The fourth-order valence-corrected chi connectivity index (χ4v) is 4.85. The molecular formula is C24H29FN2O2. The van der Waals surface area contributed by atoms with Crippen LogP contribution in [0.5, 0.6) is 5.75 Å². The number of benzene rings is 2. The Kier molecular flexibility index (Phi) is 5.99. The van der Waals surface area contributed by atoms with E-state index < -0.39 is 0 Å². The van der Waals surface area contributed by atoms with Crippen molar-refractivity contribution in [2.45, 2.75) is 6.54 Å². The number of aliphatic hydroxyl groups is 1. The van der Waals surface area contributed by atoms with Crippen LogP contribution in [0.1, 0.15) is 11.1 Å². The highest BCUT2D eigenvalue weighted by Gasteiger charge is 2.51. The molecule has 0 spiro atoms. The number of hydrogen-bond acceptors (Lipinski definition) is 4. The van der Waals surface area contributed by atoms with Gasteiger partial charge in [0.25, 0.3) is 0 Å². The number of hydrogen-bond donors (Lipinski definition) is 1.